The highest BCUT2D eigenvalue weighted by atomic mass is 16.5. The Labute approximate surface area is 125 Å². The number of rotatable bonds is 7. The molecule has 1 heterocycles. The van der Waals surface area contributed by atoms with E-state index in [9.17, 15) is 0 Å². The van der Waals surface area contributed by atoms with Crippen molar-refractivity contribution in [1.82, 2.24) is 10.2 Å². The zero-order chi connectivity index (χ0) is 14.6. The van der Waals surface area contributed by atoms with Gasteiger partial charge in [-0.05, 0) is 30.6 Å². The van der Waals surface area contributed by atoms with Gasteiger partial charge in [-0.3, -0.25) is 4.90 Å². The topological polar surface area (TPSA) is 24.5 Å². The first-order valence-corrected chi connectivity index (χ1v) is 8.57. The van der Waals surface area contributed by atoms with Crippen LogP contribution in [0, 0.1) is 11.3 Å². The van der Waals surface area contributed by atoms with Gasteiger partial charge >= 0.3 is 0 Å². The fourth-order valence-electron chi connectivity index (χ4n) is 3.14. The third kappa shape index (κ3) is 4.71. The van der Waals surface area contributed by atoms with E-state index >= 15 is 0 Å². The Morgan fingerprint density at radius 2 is 1.95 bits per heavy atom. The molecule has 20 heavy (non-hydrogen) atoms. The van der Waals surface area contributed by atoms with Crippen molar-refractivity contribution < 1.29 is 4.74 Å². The van der Waals surface area contributed by atoms with E-state index in [1.54, 1.807) is 0 Å². The predicted octanol–water partition coefficient (Wildman–Crippen LogP) is 2.90. The van der Waals surface area contributed by atoms with Crippen molar-refractivity contribution in [3.05, 3.63) is 0 Å². The van der Waals surface area contributed by atoms with Crippen LogP contribution >= 0.6 is 0 Å². The van der Waals surface area contributed by atoms with Crippen LogP contribution in [-0.4, -0.2) is 49.8 Å². The molecule has 2 atom stereocenters. The lowest BCUT2D eigenvalue weighted by molar-refractivity contribution is 0.0388. The van der Waals surface area contributed by atoms with Crippen molar-refractivity contribution in [2.45, 2.75) is 65.5 Å². The van der Waals surface area contributed by atoms with E-state index in [1.807, 2.05) is 0 Å². The van der Waals surface area contributed by atoms with Gasteiger partial charge < -0.3 is 10.1 Å². The summed E-state index contributed by atoms with van der Waals surface area (Å²) in [4.78, 5) is 2.70. The van der Waals surface area contributed by atoms with E-state index in [0.29, 0.717) is 11.5 Å². The van der Waals surface area contributed by atoms with Gasteiger partial charge in [0.1, 0.15) is 0 Å². The van der Waals surface area contributed by atoms with Crippen LogP contribution in [0.25, 0.3) is 0 Å². The molecule has 1 saturated heterocycles. The Morgan fingerprint density at radius 1 is 1.20 bits per heavy atom. The number of nitrogens with one attached hydrogen (secondary N) is 1. The third-order valence-electron chi connectivity index (χ3n) is 4.84. The van der Waals surface area contributed by atoms with Crippen LogP contribution < -0.4 is 5.32 Å². The minimum atomic E-state index is 0.343. The molecule has 1 saturated carbocycles. The standard InChI is InChI=1S/C17H34N2O/c1-5-6-10-20-11-9-19-13-16(17(2,3)4)18-12-15(19)14-7-8-14/h14-16,18H,5-13H2,1-4H3. The largest absolute Gasteiger partial charge is 0.380 e. The molecule has 0 aromatic heterocycles. The molecule has 3 nitrogen and oxygen atoms in total. The SMILES string of the molecule is CCCCOCCN1CC(C(C)(C)C)NCC1C1CC1. The maximum absolute atomic E-state index is 5.78. The Hall–Kier alpha value is -0.120. The summed E-state index contributed by atoms with van der Waals surface area (Å²) in [6.45, 7) is 14.5. The molecule has 0 bridgehead atoms. The van der Waals surface area contributed by atoms with Crippen molar-refractivity contribution in [2.24, 2.45) is 11.3 Å². The zero-order valence-corrected chi connectivity index (χ0v) is 14.0. The number of ether oxygens (including phenoxy) is 1. The molecule has 0 radical (unpaired) electrons. The van der Waals surface area contributed by atoms with Crippen molar-refractivity contribution in [3.63, 3.8) is 0 Å². The highest BCUT2D eigenvalue weighted by Gasteiger charge is 2.40. The molecule has 0 aromatic carbocycles. The van der Waals surface area contributed by atoms with Gasteiger partial charge in [0.25, 0.3) is 0 Å². The molecular formula is C17H34N2O. The van der Waals surface area contributed by atoms with Gasteiger partial charge in [-0.2, -0.15) is 0 Å². The van der Waals surface area contributed by atoms with Crippen molar-refractivity contribution in [2.75, 3.05) is 32.8 Å². The Balaban J connectivity index is 1.80. The predicted molar refractivity (Wildman–Crippen MR) is 85.1 cm³/mol. The molecule has 118 valence electrons. The second-order valence-corrected chi connectivity index (χ2v) is 7.69. The van der Waals surface area contributed by atoms with Gasteiger partial charge in [0.05, 0.1) is 6.61 Å². The number of hydrogen-bond donors (Lipinski definition) is 1. The molecule has 0 spiro atoms. The van der Waals surface area contributed by atoms with E-state index < -0.39 is 0 Å². The number of unbranched alkanes of at least 4 members (excludes halogenated alkanes) is 1. The first kappa shape index (κ1) is 16.3. The quantitative estimate of drug-likeness (QED) is 0.727. The molecule has 2 fully saturated rings. The molecule has 0 amide bonds. The van der Waals surface area contributed by atoms with Crippen LogP contribution in [0.1, 0.15) is 53.4 Å². The monoisotopic (exact) mass is 282 g/mol. The molecule has 1 aliphatic carbocycles. The summed E-state index contributed by atoms with van der Waals surface area (Å²) in [6.07, 6.45) is 5.28. The summed E-state index contributed by atoms with van der Waals surface area (Å²) in [5, 5.41) is 3.79. The van der Waals surface area contributed by atoms with Crippen LogP contribution in [0.15, 0.2) is 0 Å². The summed E-state index contributed by atoms with van der Waals surface area (Å²) in [7, 11) is 0. The molecule has 0 aromatic rings. The van der Waals surface area contributed by atoms with Crippen LogP contribution in [0.3, 0.4) is 0 Å². The van der Waals surface area contributed by atoms with Gasteiger partial charge in [-0.1, -0.05) is 34.1 Å². The minimum absolute atomic E-state index is 0.343. The van der Waals surface area contributed by atoms with E-state index in [0.717, 1.165) is 31.7 Å². The van der Waals surface area contributed by atoms with E-state index in [2.05, 4.69) is 37.9 Å². The maximum atomic E-state index is 5.78. The summed E-state index contributed by atoms with van der Waals surface area (Å²) in [5.74, 6) is 0.944. The fraction of sp³-hybridized carbons (Fsp3) is 1.00. The molecular weight excluding hydrogens is 248 g/mol. The molecule has 1 aliphatic heterocycles. The van der Waals surface area contributed by atoms with Gasteiger partial charge in [0.15, 0.2) is 0 Å². The summed E-state index contributed by atoms with van der Waals surface area (Å²) in [5.41, 5.74) is 0.343. The molecule has 2 rings (SSSR count). The van der Waals surface area contributed by atoms with Crippen molar-refractivity contribution >= 4 is 0 Å². The lowest BCUT2D eigenvalue weighted by Gasteiger charge is -2.45. The van der Waals surface area contributed by atoms with Crippen LogP contribution in [0.2, 0.25) is 0 Å². The van der Waals surface area contributed by atoms with E-state index in [-0.39, 0.29) is 0 Å². The third-order valence-corrected chi connectivity index (χ3v) is 4.84. The first-order chi connectivity index (χ1) is 9.52. The fourth-order valence-corrected chi connectivity index (χ4v) is 3.14. The number of piperazine rings is 1. The van der Waals surface area contributed by atoms with Crippen molar-refractivity contribution in [1.29, 1.82) is 0 Å². The molecule has 2 unspecified atom stereocenters. The summed E-state index contributed by atoms with van der Waals surface area (Å²) >= 11 is 0. The highest BCUT2D eigenvalue weighted by Crippen LogP contribution is 2.37. The lowest BCUT2D eigenvalue weighted by Crippen LogP contribution is -2.61. The molecule has 1 N–H and O–H groups in total. The second kappa shape index (κ2) is 7.24. The number of hydrogen-bond acceptors (Lipinski definition) is 3. The van der Waals surface area contributed by atoms with E-state index in [1.165, 1.54) is 38.8 Å². The number of nitrogens with zero attached hydrogens (tertiary/aromatic N) is 1. The van der Waals surface area contributed by atoms with E-state index in [4.69, 9.17) is 4.74 Å². The maximum Gasteiger partial charge on any atom is 0.0593 e. The van der Waals surface area contributed by atoms with Gasteiger partial charge in [-0.25, -0.2) is 0 Å². The van der Waals surface area contributed by atoms with Gasteiger partial charge in [-0.15, -0.1) is 0 Å². The second-order valence-electron chi connectivity index (χ2n) is 7.69. The van der Waals surface area contributed by atoms with Crippen molar-refractivity contribution in [3.8, 4) is 0 Å². The van der Waals surface area contributed by atoms with Crippen LogP contribution in [0.5, 0.6) is 0 Å². The zero-order valence-electron chi connectivity index (χ0n) is 14.0. The average Bonchev–Trinajstić information content (AvgIpc) is 3.21. The summed E-state index contributed by atoms with van der Waals surface area (Å²) < 4.78 is 5.78. The van der Waals surface area contributed by atoms with Crippen LogP contribution in [0.4, 0.5) is 0 Å². The minimum Gasteiger partial charge on any atom is -0.380 e. The lowest BCUT2D eigenvalue weighted by atomic mass is 9.84. The average molecular weight is 282 g/mol. The normalized spacial score (nSPS) is 28.8. The molecule has 2 aliphatic rings. The van der Waals surface area contributed by atoms with Gasteiger partial charge in [0.2, 0.25) is 0 Å². The Morgan fingerprint density at radius 3 is 2.55 bits per heavy atom. The van der Waals surface area contributed by atoms with Crippen LogP contribution in [-0.2, 0) is 4.74 Å². The molecule has 3 heteroatoms. The Kier molecular flexibility index (Phi) is 5.88. The Bertz CT molecular complexity index is 283. The van der Waals surface area contributed by atoms with Gasteiger partial charge in [0, 0.05) is 38.3 Å². The smallest absolute Gasteiger partial charge is 0.0593 e. The highest BCUT2D eigenvalue weighted by molar-refractivity contribution is 4.97. The summed E-state index contributed by atoms with van der Waals surface area (Å²) in [6, 6.07) is 1.36. The first-order valence-electron chi connectivity index (χ1n) is 8.57.